The minimum atomic E-state index is -1.05. The van der Waals surface area contributed by atoms with Gasteiger partial charge in [0.1, 0.15) is 5.60 Å². The van der Waals surface area contributed by atoms with E-state index in [0.717, 1.165) is 19.1 Å². The second-order valence-corrected chi connectivity index (χ2v) is 4.85. The van der Waals surface area contributed by atoms with E-state index in [1.807, 2.05) is 0 Å². The van der Waals surface area contributed by atoms with Crippen molar-refractivity contribution in [2.45, 2.75) is 45.6 Å². The van der Waals surface area contributed by atoms with Gasteiger partial charge in [0.25, 0.3) is 0 Å². The van der Waals surface area contributed by atoms with Crippen LogP contribution in [-0.2, 0) is 4.79 Å². The minimum Gasteiger partial charge on any atom is -0.382 e. The van der Waals surface area contributed by atoms with Crippen LogP contribution >= 0.6 is 0 Å². The molecule has 0 aromatic heterocycles. The lowest BCUT2D eigenvalue weighted by Crippen LogP contribution is -2.46. The van der Waals surface area contributed by atoms with Gasteiger partial charge in [-0.15, -0.1) is 0 Å². The van der Waals surface area contributed by atoms with Gasteiger partial charge in [0, 0.05) is 0 Å². The molecule has 1 fully saturated rings. The highest BCUT2D eigenvalue weighted by Gasteiger charge is 2.42. The molecule has 0 spiro atoms. The Kier molecular flexibility index (Phi) is 3.12. The molecule has 2 nitrogen and oxygen atoms in total. The van der Waals surface area contributed by atoms with Gasteiger partial charge in [-0.2, -0.15) is 0 Å². The molecule has 0 unspecified atom stereocenters. The van der Waals surface area contributed by atoms with Crippen LogP contribution in [0, 0.1) is 17.8 Å². The van der Waals surface area contributed by atoms with E-state index in [9.17, 15) is 9.90 Å². The topological polar surface area (TPSA) is 37.3 Å². The molecule has 0 bridgehead atoms. The van der Waals surface area contributed by atoms with E-state index in [0.29, 0.717) is 18.3 Å². The molecule has 1 aliphatic rings. The molecule has 0 aromatic rings. The molecule has 0 saturated heterocycles. The van der Waals surface area contributed by atoms with E-state index < -0.39 is 5.60 Å². The van der Waals surface area contributed by atoms with Crippen LogP contribution < -0.4 is 0 Å². The van der Waals surface area contributed by atoms with E-state index in [1.165, 1.54) is 0 Å². The Hall–Kier alpha value is -0.370. The third-order valence-electron chi connectivity index (χ3n) is 3.30. The van der Waals surface area contributed by atoms with Gasteiger partial charge in [0.05, 0.1) is 0 Å². The van der Waals surface area contributed by atoms with E-state index in [2.05, 4.69) is 20.8 Å². The minimum absolute atomic E-state index is 0.154. The molecule has 1 N–H and O–H groups in total. The van der Waals surface area contributed by atoms with Gasteiger partial charge in [-0.3, -0.25) is 0 Å². The Bertz CT molecular complexity index is 189. The molecule has 0 heterocycles. The van der Waals surface area contributed by atoms with E-state index in [4.69, 9.17) is 0 Å². The van der Waals surface area contributed by atoms with Crippen molar-refractivity contribution in [3.8, 4) is 0 Å². The molecular weight excluding hydrogens is 164 g/mol. The molecule has 1 rings (SSSR count). The quantitative estimate of drug-likeness (QED) is 0.666. The predicted molar refractivity (Wildman–Crippen MR) is 52.4 cm³/mol. The first kappa shape index (κ1) is 10.7. The summed E-state index contributed by atoms with van der Waals surface area (Å²) in [6.07, 6.45) is 3.51. The Morgan fingerprint density at radius 3 is 2.54 bits per heavy atom. The van der Waals surface area contributed by atoms with Crippen molar-refractivity contribution < 1.29 is 9.90 Å². The van der Waals surface area contributed by atoms with Crippen molar-refractivity contribution >= 4 is 6.29 Å². The maximum absolute atomic E-state index is 10.9. The van der Waals surface area contributed by atoms with Crippen LogP contribution in [0.2, 0.25) is 0 Å². The first-order valence-corrected chi connectivity index (χ1v) is 5.18. The van der Waals surface area contributed by atoms with Gasteiger partial charge in [-0.05, 0) is 30.6 Å². The third kappa shape index (κ3) is 2.11. The number of rotatable bonds is 2. The van der Waals surface area contributed by atoms with Crippen LogP contribution in [0.15, 0.2) is 0 Å². The number of carbonyl (C=O) groups excluding carboxylic acids is 1. The van der Waals surface area contributed by atoms with Crippen LogP contribution in [0.4, 0.5) is 0 Å². The molecule has 13 heavy (non-hydrogen) atoms. The summed E-state index contributed by atoms with van der Waals surface area (Å²) in [5, 5.41) is 10.1. The lowest BCUT2D eigenvalue weighted by atomic mass is 9.68. The molecule has 76 valence electrons. The van der Waals surface area contributed by atoms with Gasteiger partial charge in [0.2, 0.25) is 0 Å². The number of hydrogen-bond donors (Lipinski definition) is 1. The highest BCUT2D eigenvalue weighted by atomic mass is 16.3. The Labute approximate surface area is 80.3 Å². The van der Waals surface area contributed by atoms with Crippen molar-refractivity contribution in [1.82, 2.24) is 0 Å². The third-order valence-corrected chi connectivity index (χ3v) is 3.30. The maximum atomic E-state index is 10.9. The summed E-state index contributed by atoms with van der Waals surface area (Å²) in [5.74, 6) is 1.02. The van der Waals surface area contributed by atoms with Crippen molar-refractivity contribution in [2.75, 3.05) is 0 Å². The van der Waals surface area contributed by atoms with Crippen molar-refractivity contribution in [2.24, 2.45) is 17.8 Å². The van der Waals surface area contributed by atoms with E-state index >= 15 is 0 Å². The van der Waals surface area contributed by atoms with Gasteiger partial charge >= 0.3 is 0 Å². The normalized spacial score (nSPS) is 40.7. The Balaban J connectivity index is 2.78. The monoisotopic (exact) mass is 184 g/mol. The molecule has 2 heteroatoms. The molecule has 0 aromatic carbocycles. The van der Waals surface area contributed by atoms with E-state index in [1.54, 1.807) is 0 Å². The van der Waals surface area contributed by atoms with Crippen molar-refractivity contribution in [1.29, 1.82) is 0 Å². The molecule has 3 atom stereocenters. The Morgan fingerprint density at radius 2 is 2.08 bits per heavy atom. The molecule has 1 saturated carbocycles. The molecule has 0 amide bonds. The van der Waals surface area contributed by atoms with Crippen molar-refractivity contribution in [3.05, 3.63) is 0 Å². The largest absolute Gasteiger partial charge is 0.382 e. The standard InChI is InChI=1S/C11H20O2/c1-8(2)10-5-4-9(3)6-11(10,13)7-12/h7-10,13H,4-6H2,1-3H3/t9-,10+,11+/m1/s1. The van der Waals surface area contributed by atoms with Gasteiger partial charge in [-0.25, -0.2) is 0 Å². The summed E-state index contributed by atoms with van der Waals surface area (Å²) in [6, 6.07) is 0. The lowest BCUT2D eigenvalue weighted by molar-refractivity contribution is -0.139. The van der Waals surface area contributed by atoms with Gasteiger partial charge in [-0.1, -0.05) is 27.2 Å². The maximum Gasteiger partial charge on any atom is 0.151 e. The summed E-state index contributed by atoms with van der Waals surface area (Å²) in [5.41, 5.74) is -1.05. The summed E-state index contributed by atoms with van der Waals surface area (Å²) in [6.45, 7) is 6.26. The van der Waals surface area contributed by atoms with Crippen LogP contribution in [0.25, 0.3) is 0 Å². The van der Waals surface area contributed by atoms with Crippen LogP contribution in [-0.4, -0.2) is 17.0 Å². The smallest absolute Gasteiger partial charge is 0.151 e. The molecular formula is C11H20O2. The second kappa shape index (κ2) is 3.79. The first-order valence-electron chi connectivity index (χ1n) is 5.18. The average Bonchev–Trinajstić information content (AvgIpc) is 2.03. The summed E-state index contributed by atoms with van der Waals surface area (Å²) in [4.78, 5) is 10.9. The zero-order chi connectivity index (χ0) is 10.1. The average molecular weight is 184 g/mol. The van der Waals surface area contributed by atoms with Crippen molar-refractivity contribution in [3.63, 3.8) is 0 Å². The molecule has 1 aliphatic carbocycles. The first-order chi connectivity index (χ1) is 5.99. The summed E-state index contributed by atoms with van der Waals surface area (Å²) >= 11 is 0. The number of carbonyl (C=O) groups is 1. The highest BCUT2D eigenvalue weighted by Crippen LogP contribution is 2.39. The van der Waals surface area contributed by atoms with Crippen LogP contribution in [0.1, 0.15) is 40.0 Å². The highest BCUT2D eigenvalue weighted by molar-refractivity contribution is 5.63. The van der Waals surface area contributed by atoms with Gasteiger partial charge in [0.15, 0.2) is 6.29 Å². The summed E-state index contributed by atoms with van der Waals surface area (Å²) in [7, 11) is 0. The van der Waals surface area contributed by atoms with Crippen LogP contribution in [0.5, 0.6) is 0 Å². The van der Waals surface area contributed by atoms with E-state index in [-0.39, 0.29) is 5.92 Å². The SMILES string of the molecule is CC(C)[C@@H]1CC[C@@H](C)C[C@]1(O)C=O. The number of aliphatic hydroxyl groups is 1. The number of aldehydes is 1. The lowest BCUT2D eigenvalue weighted by Gasteiger charge is -2.40. The zero-order valence-corrected chi connectivity index (χ0v) is 8.79. The Morgan fingerprint density at radius 1 is 1.46 bits per heavy atom. The predicted octanol–water partition coefficient (Wildman–Crippen LogP) is 2.01. The fourth-order valence-electron chi connectivity index (χ4n) is 2.57. The van der Waals surface area contributed by atoms with Crippen LogP contribution in [0.3, 0.4) is 0 Å². The zero-order valence-electron chi connectivity index (χ0n) is 8.79. The fraction of sp³-hybridized carbons (Fsp3) is 0.909. The second-order valence-electron chi connectivity index (χ2n) is 4.85. The fourth-order valence-corrected chi connectivity index (χ4v) is 2.57. The number of hydrogen-bond acceptors (Lipinski definition) is 2. The van der Waals surface area contributed by atoms with Gasteiger partial charge < -0.3 is 9.90 Å². The summed E-state index contributed by atoms with van der Waals surface area (Å²) < 4.78 is 0. The molecule has 0 radical (unpaired) electrons. The molecule has 0 aliphatic heterocycles.